The van der Waals surface area contributed by atoms with Crippen molar-refractivity contribution in [3.8, 4) is 0 Å². The van der Waals surface area contributed by atoms with Crippen LogP contribution in [0.5, 0.6) is 0 Å². The van der Waals surface area contributed by atoms with E-state index in [0.717, 1.165) is 31.5 Å². The van der Waals surface area contributed by atoms with Crippen LogP contribution >= 0.6 is 0 Å². The molecule has 0 amide bonds. The third-order valence-electron chi connectivity index (χ3n) is 4.40. The van der Waals surface area contributed by atoms with E-state index in [0.29, 0.717) is 11.8 Å². The van der Waals surface area contributed by atoms with Gasteiger partial charge in [-0.3, -0.25) is 0 Å². The average Bonchev–Trinajstić information content (AvgIpc) is 2.45. The van der Waals surface area contributed by atoms with Crippen LogP contribution in [0.25, 0.3) is 0 Å². The van der Waals surface area contributed by atoms with Crippen molar-refractivity contribution >= 4 is 0 Å². The Morgan fingerprint density at radius 1 is 1.19 bits per heavy atom. The normalized spacial score (nSPS) is 38.4. The van der Waals surface area contributed by atoms with Gasteiger partial charge in [0.25, 0.3) is 0 Å². The second-order valence-corrected chi connectivity index (χ2v) is 6.09. The lowest BCUT2D eigenvalue weighted by Gasteiger charge is -2.41. The maximum Gasteiger partial charge on any atom is 0.173 e. The average molecular weight is 226 g/mol. The Bertz CT molecular complexity index is 231. The lowest BCUT2D eigenvalue weighted by atomic mass is 9.87. The fraction of sp³-hybridized carbons (Fsp3) is 1.00. The third-order valence-corrected chi connectivity index (χ3v) is 4.40. The zero-order valence-corrected chi connectivity index (χ0v) is 11.2. The maximum absolute atomic E-state index is 6.04. The first-order valence-corrected chi connectivity index (χ1v) is 6.84. The van der Waals surface area contributed by atoms with Crippen molar-refractivity contribution in [3.63, 3.8) is 0 Å². The molecule has 1 saturated carbocycles. The number of hydrogen-bond acceptors (Lipinski definition) is 2. The first-order valence-electron chi connectivity index (χ1n) is 6.84. The highest BCUT2D eigenvalue weighted by Gasteiger charge is 2.53. The molecule has 0 N–H and O–H groups in total. The molecule has 1 heterocycles. The highest BCUT2D eigenvalue weighted by molar-refractivity contribution is 4.96. The molecule has 1 aliphatic carbocycles. The predicted octanol–water partition coefficient (Wildman–Crippen LogP) is 3.46. The van der Waals surface area contributed by atoms with Crippen molar-refractivity contribution in [2.75, 3.05) is 13.2 Å². The van der Waals surface area contributed by atoms with Gasteiger partial charge >= 0.3 is 0 Å². The molecule has 0 radical (unpaired) electrons. The minimum atomic E-state index is -0.252. The van der Waals surface area contributed by atoms with Gasteiger partial charge in [-0.2, -0.15) is 0 Å². The van der Waals surface area contributed by atoms with E-state index in [-0.39, 0.29) is 5.79 Å². The van der Waals surface area contributed by atoms with E-state index in [2.05, 4.69) is 27.7 Å². The van der Waals surface area contributed by atoms with Gasteiger partial charge in [0.2, 0.25) is 0 Å². The number of ether oxygens (including phenoxy) is 2. The summed E-state index contributed by atoms with van der Waals surface area (Å²) in [7, 11) is 0. The largest absolute Gasteiger partial charge is 0.349 e. The molecule has 0 bridgehead atoms. The van der Waals surface area contributed by atoms with Crippen LogP contribution in [0.2, 0.25) is 0 Å². The van der Waals surface area contributed by atoms with Crippen LogP contribution in [0, 0.1) is 23.7 Å². The van der Waals surface area contributed by atoms with Crippen LogP contribution in [-0.4, -0.2) is 19.0 Å². The second kappa shape index (κ2) is 4.66. The molecule has 2 heteroatoms. The summed E-state index contributed by atoms with van der Waals surface area (Å²) in [6, 6.07) is 0. The van der Waals surface area contributed by atoms with Crippen LogP contribution in [0.3, 0.4) is 0 Å². The monoisotopic (exact) mass is 226 g/mol. The van der Waals surface area contributed by atoms with E-state index in [1.54, 1.807) is 0 Å². The van der Waals surface area contributed by atoms with Gasteiger partial charge in [-0.1, -0.05) is 27.7 Å². The standard InChI is InChI=1S/C14H26O2/c1-10(2)8-13-9-11(3)14(12(13)4)15-6-5-7-16-14/h10-13H,5-9H2,1-4H3. The Morgan fingerprint density at radius 2 is 1.81 bits per heavy atom. The van der Waals surface area contributed by atoms with Gasteiger partial charge in [0.1, 0.15) is 0 Å². The third kappa shape index (κ3) is 2.02. The summed E-state index contributed by atoms with van der Waals surface area (Å²) in [5.74, 6) is 2.39. The zero-order valence-electron chi connectivity index (χ0n) is 11.2. The molecule has 2 nitrogen and oxygen atoms in total. The molecule has 3 atom stereocenters. The van der Waals surface area contributed by atoms with E-state index in [1.807, 2.05) is 0 Å². The van der Waals surface area contributed by atoms with E-state index in [4.69, 9.17) is 9.47 Å². The summed E-state index contributed by atoms with van der Waals surface area (Å²) in [5.41, 5.74) is 0. The molecule has 94 valence electrons. The summed E-state index contributed by atoms with van der Waals surface area (Å²) < 4.78 is 12.1. The van der Waals surface area contributed by atoms with Gasteiger partial charge in [0, 0.05) is 11.8 Å². The topological polar surface area (TPSA) is 18.5 Å². The summed E-state index contributed by atoms with van der Waals surface area (Å²) in [4.78, 5) is 0. The molecule has 1 spiro atoms. The van der Waals surface area contributed by atoms with Crippen molar-refractivity contribution < 1.29 is 9.47 Å². The quantitative estimate of drug-likeness (QED) is 0.718. The first-order chi connectivity index (χ1) is 7.56. The lowest BCUT2D eigenvalue weighted by Crippen LogP contribution is -2.47. The fourth-order valence-electron chi connectivity index (χ4n) is 3.62. The summed E-state index contributed by atoms with van der Waals surface area (Å²) in [6.45, 7) is 11.0. The van der Waals surface area contributed by atoms with Crippen LogP contribution in [-0.2, 0) is 9.47 Å². The van der Waals surface area contributed by atoms with E-state index in [9.17, 15) is 0 Å². The van der Waals surface area contributed by atoms with Gasteiger partial charge in [-0.15, -0.1) is 0 Å². The molecule has 2 aliphatic rings. The minimum Gasteiger partial charge on any atom is -0.349 e. The molecule has 0 aromatic heterocycles. The molecule has 16 heavy (non-hydrogen) atoms. The van der Waals surface area contributed by atoms with Gasteiger partial charge in [0.05, 0.1) is 13.2 Å². The minimum absolute atomic E-state index is 0.252. The Labute approximate surface area is 99.7 Å². The predicted molar refractivity (Wildman–Crippen MR) is 65.1 cm³/mol. The number of hydrogen-bond donors (Lipinski definition) is 0. The van der Waals surface area contributed by atoms with Crippen molar-refractivity contribution in [2.24, 2.45) is 23.7 Å². The van der Waals surface area contributed by atoms with Gasteiger partial charge in [-0.05, 0) is 31.1 Å². The van der Waals surface area contributed by atoms with Crippen LogP contribution < -0.4 is 0 Å². The van der Waals surface area contributed by atoms with Gasteiger partial charge in [-0.25, -0.2) is 0 Å². The van der Waals surface area contributed by atoms with E-state index in [1.165, 1.54) is 12.8 Å². The van der Waals surface area contributed by atoms with Crippen LogP contribution in [0.1, 0.15) is 47.0 Å². The van der Waals surface area contributed by atoms with Gasteiger partial charge < -0.3 is 9.47 Å². The van der Waals surface area contributed by atoms with Crippen LogP contribution in [0.15, 0.2) is 0 Å². The highest BCUT2D eigenvalue weighted by atomic mass is 16.7. The van der Waals surface area contributed by atoms with Crippen molar-refractivity contribution in [2.45, 2.75) is 52.7 Å². The second-order valence-electron chi connectivity index (χ2n) is 6.09. The molecule has 1 saturated heterocycles. The van der Waals surface area contributed by atoms with Crippen molar-refractivity contribution in [1.82, 2.24) is 0 Å². The summed E-state index contributed by atoms with van der Waals surface area (Å²) in [6.07, 6.45) is 3.62. The molecular weight excluding hydrogens is 200 g/mol. The molecule has 3 unspecified atom stereocenters. The molecule has 1 aliphatic heterocycles. The molecule has 2 rings (SSSR count). The fourth-order valence-corrected chi connectivity index (χ4v) is 3.62. The van der Waals surface area contributed by atoms with Crippen molar-refractivity contribution in [1.29, 1.82) is 0 Å². The summed E-state index contributed by atoms with van der Waals surface area (Å²) in [5, 5.41) is 0. The summed E-state index contributed by atoms with van der Waals surface area (Å²) >= 11 is 0. The SMILES string of the molecule is CC(C)CC1CC(C)C2(OCCCO2)C1C. The Balaban J connectivity index is 2.08. The highest BCUT2D eigenvalue weighted by Crippen LogP contribution is 2.50. The first kappa shape index (κ1) is 12.4. The Hall–Kier alpha value is -0.0800. The smallest absolute Gasteiger partial charge is 0.173 e. The molecular formula is C14H26O2. The van der Waals surface area contributed by atoms with Crippen LogP contribution in [0.4, 0.5) is 0 Å². The van der Waals surface area contributed by atoms with Crippen molar-refractivity contribution in [3.05, 3.63) is 0 Å². The lowest BCUT2D eigenvalue weighted by molar-refractivity contribution is -0.302. The van der Waals surface area contributed by atoms with E-state index < -0.39 is 0 Å². The maximum atomic E-state index is 6.04. The van der Waals surface area contributed by atoms with E-state index >= 15 is 0 Å². The van der Waals surface area contributed by atoms with Gasteiger partial charge in [0.15, 0.2) is 5.79 Å². The molecule has 2 fully saturated rings. The Kier molecular flexibility index (Phi) is 3.60. The Morgan fingerprint density at radius 3 is 2.38 bits per heavy atom. The molecule has 0 aromatic carbocycles. The zero-order chi connectivity index (χ0) is 11.8. The molecule has 0 aromatic rings. The number of rotatable bonds is 2.